The molecule has 1 fully saturated rings. The number of fused-ring (bicyclic) bond motifs is 1. The smallest absolute Gasteiger partial charge is 0.298 e. The van der Waals surface area contributed by atoms with E-state index in [4.69, 9.17) is 10.2 Å². The quantitative estimate of drug-likeness (QED) is 0.802. The second-order valence-corrected chi connectivity index (χ2v) is 7.06. The summed E-state index contributed by atoms with van der Waals surface area (Å²) in [7, 11) is 0. The number of oxazole rings is 1. The average molecular weight is 263 g/mol. The molecule has 1 aliphatic heterocycles. The van der Waals surface area contributed by atoms with Crippen LogP contribution in [-0.2, 0) is 0 Å². The van der Waals surface area contributed by atoms with Gasteiger partial charge in [-0.15, -0.1) is 0 Å². The SMILES string of the molecule is CC1(C)CN(c2nc3cc(N)ccc3o2)CCS1. The molecular weight excluding hydrogens is 246 g/mol. The number of hydrogen-bond acceptors (Lipinski definition) is 5. The number of anilines is 2. The number of nitrogens with two attached hydrogens (primary N) is 1. The summed E-state index contributed by atoms with van der Waals surface area (Å²) in [6.07, 6.45) is 0. The van der Waals surface area contributed by atoms with Crippen LogP contribution in [0.1, 0.15) is 13.8 Å². The highest BCUT2D eigenvalue weighted by Crippen LogP contribution is 2.33. The van der Waals surface area contributed by atoms with Gasteiger partial charge in [0, 0.05) is 29.3 Å². The number of benzene rings is 1. The highest BCUT2D eigenvalue weighted by molar-refractivity contribution is 8.00. The molecule has 0 amide bonds. The first-order valence-corrected chi connectivity index (χ1v) is 7.07. The first-order valence-electron chi connectivity index (χ1n) is 6.08. The number of aromatic nitrogens is 1. The fourth-order valence-electron chi connectivity index (χ4n) is 2.25. The maximum absolute atomic E-state index is 5.81. The Hall–Kier alpha value is -1.36. The molecule has 0 saturated carbocycles. The molecule has 2 heterocycles. The summed E-state index contributed by atoms with van der Waals surface area (Å²) >= 11 is 2.00. The van der Waals surface area contributed by atoms with E-state index in [9.17, 15) is 0 Å². The van der Waals surface area contributed by atoms with Gasteiger partial charge >= 0.3 is 0 Å². The van der Waals surface area contributed by atoms with Gasteiger partial charge in [-0.2, -0.15) is 16.7 Å². The molecule has 1 aromatic carbocycles. The van der Waals surface area contributed by atoms with Gasteiger partial charge in [-0.25, -0.2) is 0 Å². The highest BCUT2D eigenvalue weighted by Gasteiger charge is 2.29. The van der Waals surface area contributed by atoms with E-state index in [0.29, 0.717) is 6.01 Å². The summed E-state index contributed by atoms with van der Waals surface area (Å²) < 4.78 is 6.05. The van der Waals surface area contributed by atoms with E-state index in [1.165, 1.54) is 0 Å². The molecule has 5 heteroatoms. The standard InChI is InChI=1S/C13H17N3OS/c1-13(2)8-16(5-6-18-13)12-15-10-7-9(14)3-4-11(10)17-12/h3-4,7H,5-6,8,14H2,1-2H3. The Labute approximate surface area is 111 Å². The number of hydrogen-bond donors (Lipinski definition) is 1. The zero-order valence-electron chi connectivity index (χ0n) is 10.6. The van der Waals surface area contributed by atoms with E-state index in [2.05, 4.69) is 23.7 Å². The second-order valence-electron chi connectivity index (χ2n) is 5.25. The average Bonchev–Trinajstić information content (AvgIpc) is 2.70. The Bertz CT molecular complexity index is 579. The van der Waals surface area contributed by atoms with Crippen LogP contribution in [0.25, 0.3) is 11.1 Å². The van der Waals surface area contributed by atoms with Gasteiger partial charge in [0.25, 0.3) is 6.01 Å². The summed E-state index contributed by atoms with van der Waals surface area (Å²) in [5, 5.41) is 0. The van der Waals surface area contributed by atoms with Crippen LogP contribution in [0.3, 0.4) is 0 Å². The highest BCUT2D eigenvalue weighted by atomic mass is 32.2. The third-order valence-electron chi connectivity index (χ3n) is 3.10. The van der Waals surface area contributed by atoms with Crippen molar-refractivity contribution in [1.82, 2.24) is 4.98 Å². The number of nitrogens with zero attached hydrogens (tertiary/aromatic N) is 2. The lowest BCUT2D eigenvalue weighted by atomic mass is 10.2. The van der Waals surface area contributed by atoms with Crippen LogP contribution in [0.2, 0.25) is 0 Å². The van der Waals surface area contributed by atoms with Gasteiger partial charge in [-0.05, 0) is 32.0 Å². The second kappa shape index (κ2) is 4.09. The lowest BCUT2D eigenvalue weighted by Gasteiger charge is -2.36. The fraction of sp³-hybridized carbons (Fsp3) is 0.462. The molecule has 0 radical (unpaired) electrons. The Kier molecular flexibility index (Phi) is 2.66. The Morgan fingerprint density at radius 2 is 2.28 bits per heavy atom. The molecule has 4 nitrogen and oxygen atoms in total. The molecule has 1 aliphatic rings. The van der Waals surface area contributed by atoms with Crippen LogP contribution in [0.15, 0.2) is 22.6 Å². The Balaban J connectivity index is 1.94. The molecule has 18 heavy (non-hydrogen) atoms. The predicted octanol–water partition coefficient (Wildman–Crippen LogP) is 2.74. The van der Waals surface area contributed by atoms with Crippen molar-refractivity contribution in [3.05, 3.63) is 18.2 Å². The first-order chi connectivity index (χ1) is 8.53. The monoisotopic (exact) mass is 263 g/mol. The van der Waals surface area contributed by atoms with E-state index in [-0.39, 0.29) is 4.75 Å². The topological polar surface area (TPSA) is 55.3 Å². The van der Waals surface area contributed by atoms with Crippen LogP contribution < -0.4 is 10.6 Å². The molecule has 96 valence electrons. The van der Waals surface area contributed by atoms with E-state index in [1.54, 1.807) is 0 Å². The molecule has 0 atom stereocenters. The summed E-state index contributed by atoms with van der Waals surface area (Å²) in [4.78, 5) is 6.75. The normalized spacial score (nSPS) is 19.3. The van der Waals surface area contributed by atoms with Crippen molar-refractivity contribution in [2.75, 3.05) is 29.5 Å². The number of thioether (sulfide) groups is 1. The maximum atomic E-state index is 5.81. The van der Waals surface area contributed by atoms with Crippen molar-refractivity contribution in [2.24, 2.45) is 0 Å². The minimum atomic E-state index is 0.248. The molecule has 0 aliphatic carbocycles. The van der Waals surface area contributed by atoms with Crippen molar-refractivity contribution >= 4 is 34.6 Å². The van der Waals surface area contributed by atoms with Crippen molar-refractivity contribution in [3.63, 3.8) is 0 Å². The third-order valence-corrected chi connectivity index (χ3v) is 4.39. The summed E-state index contributed by atoms with van der Waals surface area (Å²) in [5.41, 5.74) is 8.11. The Morgan fingerprint density at radius 1 is 1.44 bits per heavy atom. The van der Waals surface area contributed by atoms with Gasteiger partial charge in [0.05, 0.1) is 0 Å². The zero-order valence-corrected chi connectivity index (χ0v) is 11.5. The number of rotatable bonds is 1. The van der Waals surface area contributed by atoms with Gasteiger partial charge in [-0.3, -0.25) is 0 Å². The predicted molar refractivity (Wildman–Crippen MR) is 77.2 cm³/mol. The van der Waals surface area contributed by atoms with Crippen LogP contribution in [-0.4, -0.2) is 28.6 Å². The van der Waals surface area contributed by atoms with Gasteiger partial charge in [-0.1, -0.05) is 0 Å². The molecule has 3 rings (SSSR count). The first kappa shape index (κ1) is 11.7. The van der Waals surface area contributed by atoms with Gasteiger partial charge in [0.1, 0.15) is 5.52 Å². The minimum absolute atomic E-state index is 0.248. The number of nitrogen functional groups attached to an aromatic ring is 1. The lowest BCUT2D eigenvalue weighted by Crippen LogP contribution is -2.43. The molecule has 2 N–H and O–H groups in total. The fourth-order valence-corrected chi connectivity index (χ4v) is 3.36. The molecule has 1 aromatic heterocycles. The van der Waals surface area contributed by atoms with Crippen molar-refractivity contribution in [2.45, 2.75) is 18.6 Å². The third kappa shape index (κ3) is 2.14. The van der Waals surface area contributed by atoms with Gasteiger partial charge < -0.3 is 15.1 Å². The van der Waals surface area contributed by atoms with Crippen molar-refractivity contribution < 1.29 is 4.42 Å². The van der Waals surface area contributed by atoms with Gasteiger partial charge in [0.2, 0.25) is 0 Å². The van der Waals surface area contributed by atoms with Crippen molar-refractivity contribution in [3.8, 4) is 0 Å². The maximum Gasteiger partial charge on any atom is 0.298 e. The molecule has 2 aromatic rings. The van der Waals surface area contributed by atoms with E-state index in [0.717, 1.165) is 35.6 Å². The van der Waals surface area contributed by atoms with Crippen LogP contribution >= 0.6 is 11.8 Å². The van der Waals surface area contributed by atoms with E-state index < -0.39 is 0 Å². The Morgan fingerprint density at radius 3 is 3.06 bits per heavy atom. The molecule has 0 spiro atoms. The summed E-state index contributed by atoms with van der Waals surface area (Å²) in [6.45, 7) is 6.45. The van der Waals surface area contributed by atoms with Crippen LogP contribution in [0.5, 0.6) is 0 Å². The minimum Gasteiger partial charge on any atom is -0.423 e. The van der Waals surface area contributed by atoms with E-state index in [1.807, 2.05) is 30.0 Å². The lowest BCUT2D eigenvalue weighted by molar-refractivity contribution is 0.542. The van der Waals surface area contributed by atoms with E-state index >= 15 is 0 Å². The summed E-state index contributed by atoms with van der Waals surface area (Å²) in [5.74, 6) is 1.11. The zero-order chi connectivity index (χ0) is 12.8. The van der Waals surface area contributed by atoms with Crippen LogP contribution in [0.4, 0.5) is 11.7 Å². The van der Waals surface area contributed by atoms with Gasteiger partial charge in [0.15, 0.2) is 5.58 Å². The largest absolute Gasteiger partial charge is 0.423 e. The van der Waals surface area contributed by atoms with Crippen LogP contribution in [0, 0.1) is 0 Å². The summed E-state index contributed by atoms with van der Waals surface area (Å²) in [6, 6.07) is 6.29. The molecule has 0 unspecified atom stereocenters. The molecule has 0 bridgehead atoms. The molecule has 1 saturated heterocycles. The van der Waals surface area contributed by atoms with Crippen molar-refractivity contribution in [1.29, 1.82) is 0 Å². The molecular formula is C13H17N3OS.